The van der Waals surface area contributed by atoms with Gasteiger partial charge in [-0.2, -0.15) is 9.36 Å². The second kappa shape index (κ2) is 13.0. The molecule has 5 heterocycles. The summed E-state index contributed by atoms with van der Waals surface area (Å²) in [6.07, 6.45) is 2.34. The highest BCUT2D eigenvalue weighted by atomic mass is 32.2. The number of β-lactam (4-membered cyclic amide) rings is 1. The molecule has 4 amide bonds. The van der Waals surface area contributed by atoms with Gasteiger partial charge in [0.1, 0.15) is 11.4 Å². The second-order valence-electron chi connectivity index (χ2n) is 11.2. The van der Waals surface area contributed by atoms with Gasteiger partial charge in [0.15, 0.2) is 23.2 Å². The fourth-order valence-corrected chi connectivity index (χ4v) is 6.67. The van der Waals surface area contributed by atoms with E-state index >= 15 is 0 Å². The van der Waals surface area contributed by atoms with Crippen LogP contribution in [0.25, 0.3) is 0 Å². The van der Waals surface area contributed by atoms with Gasteiger partial charge in [-0.3, -0.25) is 19.8 Å². The number of carboxylic acid groups (broad SMARTS) is 2. The van der Waals surface area contributed by atoms with Gasteiger partial charge in [0.25, 0.3) is 11.8 Å². The van der Waals surface area contributed by atoms with E-state index in [0.717, 1.165) is 29.4 Å². The Balaban J connectivity index is 1.31. The van der Waals surface area contributed by atoms with Gasteiger partial charge in [0, 0.05) is 35.4 Å². The van der Waals surface area contributed by atoms with Gasteiger partial charge < -0.3 is 47.3 Å². The van der Waals surface area contributed by atoms with Crippen LogP contribution in [0.4, 0.5) is 21.4 Å². The van der Waals surface area contributed by atoms with Gasteiger partial charge in [-0.05, 0) is 26.8 Å². The second-order valence-corrected chi connectivity index (χ2v) is 13.1. The van der Waals surface area contributed by atoms with E-state index in [1.54, 1.807) is 17.9 Å². The third-order valence-corrected chi connectivity index (χ3v) is 9.44. The van der Waals surface area contributed by atoms with E-state index in [4.69, 9.17) is 16.3 Å². The number of hydrogen-bond acceptors (Lipinski definition) is 15. The quantitative estimate of drug-likeness (QED) is 0.0521. The lowest BCUT2D eigenvalue weighted by atomic mass is 10.0. The number of carbonyl (C=O) groups excluding carboxylic acids is 4. The summed E-state index contributed by atoms with van der Waals surface area (Å²) in [4.78, 5) is 72.8. The summed E-state index contributed by atoms with van der Waals surface area (Å²) in [5, 5.41) is 35.7. The van der Waals surface area contributed by atoms with Crippen LogP contribution in [0, 0.1) is 0 Å². The van der Waals surface area contributed by atoms with Crippen LogP contribution in [-0.4, -0.2) is 101 Å². The van der Waals surface area contributed by atoms with Crippen molar-refractivity contribution in [2.75, 3.05) is 35.6 Å². The average molecular weight is 693 g/mol. The Morgan fingerprint density at radius 2 is 2.04 bits per heavy atom. The van der Waals surface area contributed by atoms with Crippen LogP contribution in [0.15, 0.2) is 22.6 Å². The molecule has 22 heteroatoms. The van der Waals surface area contributed by atoms with E-state index in [0.29, 0.717) is 17.8 Å². The molecule has 5 rings (SSSR count). The Morgan fingerprint density at radius 1 is 1.30 bits per heavy atom. The van der Waals surface area contributed by atoms with Crippen molar-refractivity contribution in [3.63, 3.8) is 0 Å². The number of rotatable bonds is 11. The minimum Gasteiger partial charge on any atom is -0.543 e. The summed E-state index contributed by atoms with van der Waals surface area (Å²) in [5.74, 6) is -4.57. The van der Waals surface area contributed by atoms with Crippen LogP contribution in [0.1, 0.15) is 26.1 Å². The molecule has 3 aliphatic heterocycles. The molecule has 2 aromatic rings. The lowest BCUT2D eigenvalue weighted by Gasteiger charge is -2.50. The van der Waals surface area contributed by atoms with Gasteiger partial charge in [0.05, 0.1) is 18.7 Å². The standard InChI is InChI=1S/C25H32N12O8S2/c1-25(2,22(42)43)45-33-13(17-32-23(27)47-34-17)18(38)31-14-19(39)37-15(21(40)41)10(9-46-20(14)37)7-36-8-12(16(26)35(36)3)30-24(44)29-11-4-5-28-6-11/h8,11,14,20,26,28H,4-7,9H2,1-3H3,(H7,27,29,30,31,32,34,38,40,41,42,43,44)/b33-13+/t11-,14+,20+/m0/s1. The first-order valence-corrected chi connectivity index (χ1v) is 15.9. The number of nitrogen functional groups attached to an aromatic ring is 2. The van der Waals surface area contributed by atoms with Crippen molar-refractivity contribution in [2.24, 2.45) is 12.2 Å². The molecule has 20 nitrogen and oxygen atoms in total. The molecule has 0 bridgehead atoms. The lowest BCUT2D eigenvalue weighted by Crippen LogP contribution is -2.71. The highest BCUT2D eigenvalue weighted by Gasteiger charge is 2.53. The summed E-state index contributed by atoms with van der Waals surface area (Å²) >= 11 is 1.95. The van der Waals surface area contributed by atoms with Gasteiger partial charge in [-0.1, -0.05) is 5.16 Å². The lowest BCUT2D eigenvalue weighted by molar-refractivity contribution is -0.765. The Kier molecular flexibility index (Phi) is 9.27. The number of aliphatic carboxylic acids is 2. The number of anilines is 3. The molecule has 2 saturated heterocycles. The molecular weight excluding hydrogens is 660 g/mol. The SMILES string of the molecule is Cn1c(N)c(NC(=O)N[C@H]2CCNC2)c[n+]1CC1=C(C(=O)[O-])N2C(=O)[C@@H](NC(=O)/C(=N/OC(C)(C)C(=O)O)c3nsc(N)n3)[C@H]2SC1. The van der Waals surface area contributed by atoms with Crippen molar-refractivity contribution in [1.29, 1.82) is 0 Å². The third kappa shape index (κ3) is 6.78. The summed E-state index contributed by atoms with van der Waals surface area (Å²) in [7, 11) is 1.63. The first-order valence-electron chi connectivity index (χ1n) is 14.1. The highest BCUT2D eigenvalue weighted by Crippen LogP contribution is 2.40. The maximum Gasteiger partial charge on any atom is 0.350 e. The van der Waals surface area contributed by atoms with Crippen molar-refractivity contribution in [1.82, 2.24) is 34.9 Å². The van der Waals surface area contributed by atoms with E-state index in [1.165, 1.54) is 30.3 Å². The molecule has 2 fully saturated rings. The number of carboxylic acids is 2. The van der Waals surface area contributed by atoms with Crippen LogP contribution in [-0.2, 0) is 37.6 Å². The first kappa shape index (κ1) is 33.4. The van der Waals surface area contributed by atoms with Crippen LogP contribution >= 0.6 is 23.3 Å². The predicted octanol–water partition coefficient (Wildman–Crippen LogP) is -3.50. The van der Waals surface area contributed by atoms with Crippen LogP contribution in [0.3, 0.4) is 0 Å². The molecule has 252 valence electrons. The van der Waals surface area contributed by atoms with E-state index in [2.05, 4.69) is 35.8 Å². The summed E-state index contributed by atoms with van der Waals surface area (Å²) in [5.41, 5.74) is 9.76. The maximum absolute atomic E-state index is 13.3. The maximum atomic E-state index is 13.3. The number of amides is 4. The number of aromatic nitrogens is 4. The van der Waals surface area contributed by atoms with Crippen molar-refractivity contribution in [3.05, 3.63) is 23.3 Å². The van der Waals surface area contributed by atoms with Crippen LogP contribution < -0.4 is 42.5 Å². The number of fused-ring (bicyclic) bond motifs is 1. The number of nitrogens with two attached hydrogens (primary N) is 2. The Labute approximate surface area is 274 Å². The molecule has 0 spiro atoms. The summed E-state index contributed by atoms with van der Waals surface area (Å²) in [6.45, 7) is 3.87. The van der Waals surface area contributed by atoms with Gasteiger partial charge >= 0.3 is 12.0 Å². The normalized spacial score (nSPS) is 21.2. The van der Waals surface area contributed by atoms with Gasteiger partial charge in [-0.15, -0.1) is 21.1 Å². The molecule has 0 aliphatic carbocycles. The van der Waals surface area contributed by atoms with E-state index in [9.17, 15) is 34.2 Å². The summed E-state index contributed by atoms with van der Waals surface area (Å²) < 4.78 is 7.03. The monoisotopic (exact) mass is 692 g/mol. The highest BCUT2D eigenvalue weighted by molar-refractivity contribution is 8.00. The average Bonchev–Trinajstić information content (AvgIpc) is 3.74. The number of nitrogens with zero attached hydrogens (tertiary/aromatic N) is 6. The van der Waals surface area contributed by atoms with Crippen molar-refractivity contribution in [2.45, 2.75) is 49.9 Å². The molecule has 2 aromatic heterocycles. The van der Waals surface area contributed by atoms with Crippen LogP contribution in [0.5, 0.6) is 0 Å². The predicted molar refractivity (Wildman–Crippen MR) is 164 cm³/mol. The molecule has 0 aromatic carbocycles. The van der Waals surface area contributed by atoms with Crippen molar-refractivity contribution >= 4 is 75.4 Å². The first-order chi connectivity index (χ1) is 22.2. The van der Waals surface area contributed by atoms with Gasteiger partial charge in [0.2, 0.25) is 23.3 Å². The molecule has 0 radical (unpaired) electrons. The smallest absolute Gasteiger partial charge is 0.350 e. The Morgan fingerprint density at radius 3 is 2.66 bits per heavy atom. The molecule has 3 atom stereocenters. The fourth-order valence-electron chi connectivity index (χ4n) is 4.90. The fraction of sp³-hybridized carbons (Fsp3) is 0.480. The number of nitrogens with one attached hydrogen (secondary N) is 4. The Bertz CT molecular complexity index is 1700. The van der Waals surface area contributed by atoms with Crippen LogP contribution in [0.2, 0.25) is 0 Å². The number of thioether (sulfide) groups is 1. The number of carbonyl (C=O) groups is 5. The molecule has 9 N–H and O–H groups in total. The zero-order valence-electron chi connectivity index (χ0n) is 25.3. The van der Waals surface area contributed by atoms with E-state index in [1.807, 2.05) is 0 Å². The zero-order valence-corrected chi connectivity index (χ0v) is 26.9. The molecule has 3 aliphatic rings. The summed E-state index contributed by atoms with van der Waals surface area (Å²) in [6, 6.07) is -1.64. The minimum absolute atomic E-state index is 0.00589. The largest absolute Gasteiger partial charge is 0.543 e. The molecule has 47 heavy (non-hydrogen) atoms. The molecule has 0 saturated carbocycles. The Hall–Kier alpha value is -4.96. The zero-order chi connectivity index (χ0) is 34.2. The molecular formula is C25H32N12O8S2. The minimum atomic E-state index is -1.82. The van der Waals surface area contributed by atoms with Crippen molar-refractivity contribution in [3.8, 4) is 0 Å². The third-order valence-electron chi connectivity index (χ3n) is 7.56. The van der Waals surface area contributed by atoms with Gasteiger partial charge in [-0.25, -0.2) is 9.59 Å². The van der Waals surface area contributed by atoms with E-state index < -0.39 is 52.5 Å². The number of urea groups is 1. The molecule has 0 unspecified atom stereocenters. The number of oxime groups is 1. The van der Waals surface area contributed by atoms with E-state index in [-0.39, 0.29) is 40.8 Å². The van der Waals surface area contributed by atoms with Crippen molar-refractivity contribution < 1.29 is 43.7 Å². The topological polar surface area (TPSA) is 288 Å². The number of hydrogen-bond donors (Lipinski definition) is 7.